The van der Waals surface area contributed by atoms with E-state index in [1.807, 2.05) is 11.9 Å². The van der Waals surface area contributed by atoms with Crippen molar-refractivity contribution in [1.82, 2.24) is 4.90 Å². The molecule has 102 valence electrons. The largest absolute Gasteiger partial charge is 0.523 e. The second-order valence-corrected chi connectivity index (χ2v) is 5.96. The van der Waals surface area contributed by atoms with E-state index in [2.05, 4.69) is 4.18 Å². The Hall–Kier alpha value is -0.340. The molecule has 1 aliphatic rings. The molecule has 1 saturated heterocycles. The Balaban J connectivity index is 2.51. The predicted octanol–water partition coefficient (Wildman–Crippen LogP) is 1.58. The molecule has 0 aliphatic carbocycles. The third kappa shape index (κ3) is 3.56. The molecule has 1 fully saturated rings. The first-order valence-electron chi connectivity index (χ1n) is 5.31. The van der Waals surface area contributed by atoms with Crippen LogP contribution in [0.4, 0.5) is 13.2 Å². The van der Waals surface area contributed by atoms with Crippen LogP contribution < -0.4 is 0 Å². The highest BCUT2D eigenvalue weighted by Gasteiger charge is 2.47. The Kier molecular flexibility index (Phi) is 4.43. The topological polar surface area (TPSA) is 46.6 Å². The number of alkyl halides is 3. The maximum Gasteiger partial charge on any atom is 0.523 e. The van der Waals surface area contributed by atoms with E-state index in [4.69, 9.17) is 0 Å². The van der Waals surface area contributed by atoms with Gasteiger partial charge in [0, 0.05) is 6.04 Å². The molecular weight excluding hydrogens is 259 g/mol. The van der Waals surface area contributed by atoms with Crippen LogP contribution in [0.2, 0.25) is 0 Å². The molecule has 4 nitrogen and oxygen atoms in total. The van der Waals surface area contributed by atoms with Crippen LogP contribution in [0.15, 0.2) is 0 Å². The second-order valence-electron chi connectivity index (χ2n) is 4.35. The van der Waals surface area contributed by atoms with E-state index in [9.17, 15) is 21.6 Å². The Labute approximate surface area is 98.9 Å². The third-order valence-corrected chi connectivity index (χ3v) is 4.02. The first-order valence-corrected chi connectivity index (χ1v) is 6.72. The van der Waals surface area contributed by atoms with Crippen molar-refractivity contribution in [3.63, 3.8) is 0 Å². The zero-order valence-electron chi connectivity index (χ0n) is 9.70. The van der Waals surface area contributed by atoms with Gasteiger partial charge in [0.2, 0.25) is 0 Å². The van der Waals surface area contributed by atoms with Crippen LogP contribution in [0.3, 0.4) is 0 Å². The number of hydrogen-bond acceptors (Lipinski definition) is 4. The lowest BCUT2D eigenvalue weighted by Crippen LogP contribution is -2.35. The number of nitrogens with zero attached hydrogens (tertiary/aromatic N) is 1. The number of halogens is 3. The molecule has 0 N–H and O–H groups in total. The molecule has 1 aliphatic heterocycles. The van der Waals surface area contributed by atoms with Crippen LogP contribution in [0.5, 0.6) is 0 Å². The Morgan fingerprint density at radius 2 is 2.06 bits per heavy atom. The highest BCUT2D eigenvalue weighted by Crippen LogP contribution is 2.27. The molecule has 2 unspecified atom stereocenters. The zero-order valence-corrected chi connectivity index (χ0v) is 10.5. The maximum absolute atomic E-state index is 12.0. The van der Waals surface area contributed by atoms with Gasteiger partial charge < -0.3 is 4.90 Å². The van der Waals surface area contributed by atoms with Crippen molar-refractivity contribution >= 4 is 10.1 Å². The molecule has 17 heavy (non-hydrogen) atoms. The highest BCUT2D eigenvalue weighted by molar-refractivity contribution is 7.87. The molecular formula is C9H16F3NO3S. The number of rotatable bonds is 4. The van der Waals surface area contributed by atoms with E-state index in [1.165, 1.54) is 0 Å². The van der Waals surface area contributed by atoms with Crippen LogP contribution in [-0.4, -0.2) is 45.1 Å². The minimum Gasteiger partial charge on any atom is -0.303 e. The molecule has 0 aromatic rings. The van der Waals surface area contributed by atoms with Gasteiger partial charge in [-0.1, -0.05) is 6.92 Å². The molecule has 0 bridgehead atoms. The zero-order chi connectivity index (χ0) is 13.3. The third-order valence-electron chi connectivity index (χ3n) is 3.00. The summed E-state index contributed by atoms with van der Waals surface area (Å²) in [7, 11) is -3.59. The summed E-state index contributed by atoms with van der Waals surface area (Å²) in [6.07, 6.45) is 1.82. The van der Waals surface area contributed by atoms with Gasteiger partial charge in [0.15, 0.2) is 0 Å². The van der Waals surface area contributed by atoms with E-state index < -0.39 is 22.2 Å². The lowest BCUT2D eigenvalue weighted by atomic mass is 10.0. The lowest BCUT2D eigenvalue weighted by Gasteiger charge is -2.25. The molecule has 2 atom stereocenters. The van der Waals surface area contributed by atoms with Crippen molar-refractivity contribution in [3.8, 4) is 0 Å². The molecule has 0 aromatic heterocycles. The molecule has 0 amide bonds. The smallest absolute Gasteiger partial charge is 0.303 e. The number of likely N-dealkylation sites (tertiary alicyclic amines) is 1. The molecule has 8 heteroatoms. The predicted molar refractivity (Wildman–Crippen MR) is 55.7 cm³/mol. The first-order chi connectivity index (χ1) is 7.65. The van der Waals surface area contributed by atoms with E-state index in [-0.39, 0.29) is 12.0 Å². The summed E-state index contributed by atoms with van der Waals surface area (Å²) in [5, 5.41) is 0. The Morgan fingerprint density at radius 1 is 1.47 bits per heavy atom. The summed E-state index contributed by atoms with van der Waals surface area (Å²) in [6, 6.07) is 0.0819. The molecule has 0 saturated carbocycles. The van der Waals surface area contributed by atoms with E-state index in [0.29, 0.717) is 0 Å². The summed E-state index contributed by atoms with van der Waals surface area (Å²) in [4.78, 5) is 2.01. The lowest BCUT2D eigenvalue weighted by molar-refractivity contribution is -0.0554. The Morgan fingerprint density at radius 3 is 2.47 bits per heavy atom. The summed E-state index contributed by atoms with van der Waals surface area (Å²) in [5.41, 5.74) is -5.34. The van der Waals surface area contributed by atoms with Gasteiger partial charge in [0.25, 0.3) is 0 Å². The average molecular weight is 275 g/mol. The van der Waals surface area contributed by atoms with Crippen molar-refractivity contribution in [1.29, 1.82) is 0 Å². The Bertz CT molecular complexity index is 355. The van der Waals surface area contributed by atoms with Gasteiger partial charge in [-0.2, -0.15) is 21.6 Å². The summed E-state index contributed by atoms with van der Waals surface area (Å²) >= 11 is 0. The van der Waals surface area contributed by atoms with Crippen molar-refractivity contribution in [3.05, 3.63) is 0 Å². The molecule has 0 spiro atoms. The van der Waals surface area contributed by atoms with Gasteiger partial charge in [0.05, 0.1) is 6.61 Å². The molecule has 0 aromatic carbocycles. The van der Waals surface area contributed by atoms with Crippen LogP contribution in [-0.2, 0) is 14.3 Å². The number of hydrogen-bond donors (Lipinski definition) is 0. The van der Waals surface area contributed by atoms with E-state index in [1.54, 1.807) is 6.92 Å². The standard InChI is InChI=1S/C9H16F3NO3S/c1-7(8-4-3-5-13(8)2)6-16-17(14,15)9(10,11)12/h7-8H,3-6H2,1-2H3. The van der Waals surface area contributed by atoms with Crippen molar-refractivity contribution in [2.45, 2.75) is 31.3 Å². The monoisotopic (exact) mass is 275 g/mol. The first kappa shape index (κ1) is 14.7. The SMILES string of the molecule is CC(COS(=O)(=O)C(F)(F)F)C1CCCN1C. The van der Waals surface area contributed by atoms with Gasteiger partial charge in [0.1, 0.15) is 0 Å². The van der Waals surface area contributed by atoms with Gasteiger partial charge in [-0.05, 0) is 32.4 Å². The van der Waals surface area contributed by atoms with Gasteiger partial charge in [-0.15, -0.1) is 0 Å². The van der Waals surface area contributed by atoms with Crippen molar-refractivity contribution < 1.29 is 25.8 Å². The summed E-state index contributed by atoms with van der Waals surface area (Å²) in [5.74, 6) is -0.250. The summed E-state index contributed by atoms with van der Waals surface area (Å²) < 4.78 is 61.5. The van der Waals surface area contributed by atoms with Crippen LogP contribution >= 0.6 is 0 Å². The summed E-state index contributed by atoms with van der Waals surface area (Å²) in [6.45, 7) is 2.14. The minimum absolute atomic E-state index is 0.0819. The fourth-order valence-corrected chi connectivity index (χ4v) is 2.56. The van der Waals surface area contributed by atoms with Gasteiger partial charge >= 0.3 is 15.6 Å². The maximum atomic E-state index is 12.0. The fourth-order valence-electron chi connectivity index (χ4n) is 2.03. The second kappa shape index (κ2) is 5.11. The molecule has 0 radical (unpaired) electrons. The fraction of sp³-hybridized carbons (Fsp3) is 1.00. The quantitative estimate of drug-likeness (QED) is 0.577. The average Bonchev–Trinajstić information content (AvgIpc) is 2.59. The minimum atomic E-state index is -5.46. The highest BCUT2D eigenvalue weighted by atomic mass is 32.2. The van der Waals surface area contributed by atoms with Crippen LogP contribution in [0, 0.1) is 5.92 Å². The van der Waals surface area contributed by atoms with Gasteiger partial charge in [-0.25, -0.2) is 0 Å². The molecule has 1 heterocycles. The van der Waals surface area contributed by atoms with Crippen LogP contribution in [0.1, 0.15) is 19.8 Å². The normalized spacial score (nSPS) is 25.1. The van der Waals surface area contributed by atoms with E-state index >= 15 is 0 Å². The van der Waals surface area contributed by atoms with Gasteiger partial charge in [-0.3, -0.25) is 4.18 Å². The van der Waals surface area contributed by atoms with E-state index in [0.717, 1.165) is 19.4 Å². The van der Waals surface area contributed by atoms with Crippen molar-refractivity contribution in [2.24, 2.45) is 5.92 Å². The van der Waals surface area contributed by atoms with Crippen molar-refractivity contribution in [2.75, 3.05) is 20.2 Å². The molecule has 1 rings (SSSR count). The van der Waals surface area contributed by atoms with Crippen LogP contribution in [0.25, 0.3) is 0 Å².